The number of amides is 1. The Hall–Kier alpha value is -4.00. The quantitative estimate of drug-likeness (QED) is 0.287. The summed E-state index contributed by atoms with van der Waals surface area (Å²) in [6.07, 6.45) is 9.16. The number of benzene rings is 2. The van der Waals surface area contributed by atoms with Crippen LogP contribution in [0, 0.1) is 0 Å². The van der Waals surface area contributed by atoms with Crippen molar-refractivity contribution < 1.29 is 13.2 Å². The molecule has 38 heavy (non-hydrogen) atoms. The third kappa shape index (κ3) is 4.80. The lowest BCUT2D eigenvalue weighted by Gasteiger charge is -2.13. The van der Waals surface area contributed by atoms with Gasteiger partial charge in [-0.1, -0.05) is 17.4 Å². The molecule has 5 aromatic rings. The van der Waals surface area contributed by atoms with E-state index in [0.29, 0.717) is 27.5 Å². The highest BCUT2D eigenvalue weighted by Gasteiger charge is 2.23. The fraction of sp³-hybridized carbons (Fsp3) is 0.192. The number of anilines is 3. The number of pyridine rings is 1. The summed E-state index contributed by atoms with van der Waals surface area (Å²) in [4.78, 5) is 30.4. The third-order valence-electron chi connectivity index (χ3n) is 6.34. The first-order valence-electron chi connectivity index (χ1n) is 12.0. The van der Waals surface area contributed by atoms with Crippen molar-refractivity contribution in [2.24, 2.45) is 0 Å². The van der Waals surface area contributed by atoms with Gasteiger partial charge in [-0.3, -0.25) is 19.7 Å². The molecule has 2 aromatic carbocycles. The van der Waals surface area contributed by atoms with E-state index in [9.17, 15) is 13.2 Å². The lowest BCUT2D eigenvalue weighted by molar-refractivity contribution is -0.117. The highest BCUT2D eigenvalue weighted by atomic mass is 32.2. The Bertz CT molecular complexity index is 1800. The number of hydrogen-bond acceptors (Lipinski definition) is 10. The van der Waals surface area contributed by atoms with Gasteiger partial charge in [-0.25, -0.2) is 13.4 Å². The number of carbonyl (C=O) groups is 1. The Morgan fingerprint density at radius 2 is 1.95 bits per heavy atom. The molecule has 0 bridgehead atoms. The molecule has 1 atom stereocenters. The van der Waals surface area contributed by atoms with Crippen LogP contribution < -0.4 is 16.0 Å². The van der Waals surface area contributed by atoms with Crippen molar-refractivity contribution in [2.75, 3.05) is 23.4 Å². The van der Waals surface area contributed by atoms with Gasteiger partial charge in [0, 0.05) is 36.1 Å². The molecule has 0 radical (unpaired) electrons. The summed E-state index contributed by atoms with van der Waals surface area (Å²) >= 11 is 1.41. The van der Waals surface area contributed by atoms with Crippen molar-refractivity contribution in [3.05, 3.63) is 61.2 Å². The molecule has 192 valence electrons. The highest BCUT2D eigenvalue weighted by molar-refractivity contribution is 7.90. The molecule has 0 spiro atoms. The predicted octanol–water partition coefficient (Wildman–Crippen LogP) is 4.14. The number of nitrogens with zero attached hydrogens (tertiary/aromatic N) is 4. The minimum absolute atomic E-state index is 0.0642. The Morgan fingerprint density at radius 3 is 2.76 bits per heavy atom. The fourth-order valence-corrected chi connectivity index (χ4v) is 6.29. The van der Waals surface area contributed by atoms with Crippen LogP contribution in [0.25, 0.3) is 32.4 Å². The number of sulfone groups is 1. The second kappa shape index (κ2) is 9.71. The molecule has 4 heterocycles. The SMILES string of the molecule is CS(=O)(=O)c1ccncc1Nc1cc(-c2ccc3nc(NC(=O)C4CCCN4)sc3c2)c2nccnc2c1. The van der Waals surface area contributed by atoms with Gasteiger partial charge in [0.25, 0.3) is 0 Å². The first-order valence-corrected chi connectivity index (χ1v) is 14.7. The van der Waals surface area contributed by atoms with E-state index in [1.807, 2.05) is 30.3 Å². The molecule has 3 N–H and O–H groups in total. The monoisotopic (exact) mass is 545 g/mol. The van der Waals surface area contributed by atoms with Crippen LogP contribution in [0.4, 0.5) is 16.5 Å². The average molecular weight is 546 g/mol. The van der Waals surface area contributed by atoms with Crippen molar-refractivity contribution in [1.29, 1.82) is 0 Å². The first kappa shape index (κ1) is 24.3. The molecule has 1 aliphatic heterocycles. The van der Waals surface area contributed by atoms with Crippen LogP contribution in [0.15, 0.2) is 66.1 Å². The van der Waals surface area contributed by atoms with Crippen LogP contribution >= 0.6 is 11.3 Å². The van der Waals surface area contributed by atoms with Crippen molar-refractivity contribution in [1.82, 2.24) is 25.3 Å². The molecular formula is C26H23N7O3S2. The Kier molecular flexibility index (Phi) is 6.22. The van der Waals surface area contributed by atoms with E-state index >= 15 is 0 Å². The molecule has 1 unspecified atom stereocenters. The van der Waals surface area contributed by atoms with Gasteiger partial charge >= 0.3 is 0 Å². The molecule has 6 rings (SSSR count). The number of thiazole rings is 1. The number of rotatable bonds is 6. The first-order chi connectivity index (χ1) is 18.3. The van der Waals surface area contributed by atoms with Crippen LogP contribution in [-0.4, -0.2) is 53.1 Å². The number of nitrogens with one attached hydrogen (secondary N) is 3. The standard InChI is InChI=1S/C26H23N7O3S2/c1-38(35,36)23-6-8-27-14-21(23)31-16-12-17(24-20(13-16)29-9-10-30-24)15-4-5-18-22(11-15)37-26(32-18)33-25(34)19-3-2-7-28-19/h4-6,8-14,19,28,31H,2-3,7H2,1H3,(H,32,33,34). The zero-order valence-electron chi connectivity index (χ0n) is 20.3. The minimum Gasteiger partial charge on any atom is -0.353 e. The van der Waals surface area contributed by atoms with E-state index in [1.54, 1.807) is 12.4 Å². The zero-order valence-corrected chi connectivity index (χ0v) is 21.9. The molecule has 10 nitrogen and oxygen atoms in total. The summed E-state index contributed by atoms with van der Waals surface area (Å²) in [5.74, 6) is -0.0642. The van der Waals surface area contributed by atoms with Crippen molar-refractivity contribution in [3.8, 4) is 11.1 Å². The van der Waals surface area contributed by atoms with Gasteiger partial charge in [-0.2, -0.15) is 0 Å². The number of fused-ring (bicyclic) bond motifs is 2. The second-order valence-electron chi connectivity index (χ2n) is 9.06. The van der Waals surface area contributed by atoms with E-state index < -0.39 is 9.84 Å². The molecule has 3 aromatic heterocycles. The third-order valence-corrected chi connectivity index (χ3v) is 8.43. The molecule has 0 aliphatic carbocycles. The van der Waals surface area contributed by atoms with Crippen molar-refractivity contribution >= 4 is 64.8 Å². The van der Waals surface area contributed by atoms with Gasteiger partial charge in [-0.05, 0) is 55.3 Å². The number of aromatic nitrogens is 4. The molecule has 12 heteroatoms. The van der Waals surface area contributed by atoms with Crippen LogP contribution in [0.2, 0.25) is 0 Å². The van der Waals surface area contributed by atoms with Gasteiger partial charge in [-0.15, -0.1) is 0 Å². The number of hydrogen-bond donors (Lipinski definition) is 3. The maximum atomic E-state index is 12.5. The van der Waals surface area contributed by atoms with E-state index in [2.05, 4.69) is 35.9 Å². The van der Waals surface area contributed by atoms with Gasteiger partial charge in [0.15, 0.2) is 15.0 Å². The topological polar surface area (TPSA) is 139 Å². The van der Waals surface area contributed by atoms with E-state index in [0.717, 1.165) is 47.0 Å². The fourth-order valence-electron chi connectivity index (χ4n) is 4.57. The summed E-state index contributed by atoms with van der Waals surface area (Å²) < 4.78 is 25.5. The minimum atomic E-state index is -3.46. The van der Waals surface area contributed by atoms with Gasteiger partial charge in [0.1, 0.15) is 0 Å². The predicted molar refractivity (Wildman–Crippen MR) is 148 cm³/mol. The van der Waals surface area contributed by atoms with Crippen molar-refractivity contribution in [3.63, 3.8) is 0 Å². The lowest BCUT2D eigenvalue weighted by atomic mass is 10.0. The van der Waals surface area contributed by atoms with Crippen LogP contribution in [0.1, 0.15) is 12.8 Å². The summed E-state index contributed by atoms with van der Waals surface area (Å²) in [7, 11) is -3.46. The summed E-state index contributed by atoms with van der Waals surface area (Å²) in [5, 5.41) is 9.89. The summed E-state index contributed by atoms with van der Waals surface area (Å²) in [6, 6.07) is 10.9. The van der Waals surface area contributed by atoms with E-state index in [1.165, 1.54) is 29.8 Å². The normalized spacial score (nSPS) is 15.7. The van der Waals surface area contributed by atoms with E-state index in [-0.39, 0.29) is 16.8 Å². The highest BCUT2D eigenvalue weighted by Crippen LogP contribution is 2.36. The largest absolute Gasteiger partial charge is 0.353 e. The Balaban J connectivity index is 1.38. The molecule has 1 fully saturated rings. The van der Waals surface area contributed by atoms with Crippen molar-refractivity contribution in [2.45, 2.75) is 23.8 Å². The lowest BCUT2D eigenvalue weighted by Crippen LogP contribution is -2.35. The maximum Gasteiger partial charge on any atom is 0.243 e. The Morgan fingerprint density at radius 1 is 1.08 bits per heavy atom. The summed E-state index contributed by atoms with van der Waals surface area (Å²) in [6.45, 7) is 0.850. The number of carbonyl (C=O) groups excluding carboxylic acids is 1. The smallest absolute Gasteiger partial charge is 0.243 e. The maximum absolute atomic E-state index is 12.5. The average Bonchev–Trinajstić information content (AvgIpc) is 3.57. The molecular weight excluding hydrogens is 522 g/mol. The molecule has 1 aliphatic rings. The van der Waals surface area contributed by atoms with Gasteiger partial charge in [0.2, 0.25) is 5.91 Å². The van der Waals surface area contributed by atoms with Gasteiger partial charge < -0.3 is 16.0 Å². The zero-order chi connectivity index (χ0) is 26.3. The van der Waals surface area contributed by atoms with E-state index in [4.69, 9.17) is 0 Å². The summed E-state index contributed by atoms with van der Waals surface area (Å²) in [5.41, 5.74) is 4.87. The molecule has 1 saturated heterocycles. The van der Waals surface area contributed by atoms with Gasteiger partial charge in [0.05, 0.1) is 44.1 Å². The van der Waals surface area contributed by atoms with Crippen LogP contribution in [-0.2, 0) is 14.6 Å². The van der Waals surface area contributed by atoms with Crippen LogP contribution in [0.5, 0.6) is 0 Å². The second-order valence-corrected chi connectivity index (χ2v) is 12.1. The molecule has 1 amide bonds. The van der Waals surface area contributed by atoms with Crippen LogP contribution in [0.3, 0.4) is 0 Å². The molecule has 0 saturated carbocycles. The Labute approximate surface area is 222 Å².